The van der Waals surface area contributed by atoms with Gasteiger partial charge in [0.1, 0.15) is 5.84 Å². The first kappa shape index (κ1) is 23.0. The number of benzene rings is 1. The first-order valence-electron chi connectivity index (χ1n) is 9.98. The van der Waals surface area contributed by atoms with E-state index >= 15 is 0 Å². The largest absolute Gasteiger partial charge is 0.383 e. The van der Waals surface area contributed by atoms with Gasteiger partial charge in [-0.2, -0.15) is 0 Å². The second-order valence-electron chi connectivity index (χ2n) is 7.28. The Morgan fingerprint density at radius 2 is 2.00 bits per heavy atom. The quantitative estimate of drug-likeness (QED) is 0.210. The second kappa shape index (κ2) is 11.0. The molecule has 1 aliphatic rings. The van der Waals surface area contributed by atoms with E-state index in [-0.39, 0.29) is 18.0 Å². The van der Waals surface area contributed by atoms with Crippen molar-refractivity contribution < 1.29 is 4.79 Å². The molecular weight excluding hydrogens is 380 g/mol. The molecule has 1 aliphatic carbocycles. The number of primary amides is 1. The molecular formula is C21H32N8O. The Labute approximate surface area is 177 Å². The molecule has 0 aliphatic heterocycles. The molecule has 0 aromatic heterocycles. The molecule has 0 saturated heterocycles. The number of anilines is 1. The summed E-state index contributed by atoms with van der Waals surface area (Å²) in [4.78, 5) is 20.4. The van der Waals surface area contributed by atoms with E-state index < -0.39 is 11.9 Å². The van der Waals surface area contributed by atoms with Crippen molar-refractivity contribution in [1.82, 2.24) is 5.32 Å². The lowest BCUT2D eigenvalue weighted by Gasteiger charge is -2.25. The Kier molecular flexibility index (Phi) is 8.42. The number of hydrogen-bond donors (Lipinski definition) is 6. The van der Waals surface area contributed by atoms with Gasteiger partial charge in [-0.05, 0) is 31.9 Å². The standard InChI is InChI=1S/C21H32N8O/c1-3-26-19(23)14-7-6-8-15(11-14)28-13(2)16(20(24)30)12-27-21(25)29-18-10-5-4-9-17(18)22/h3,6-8,11-13,17-18,28H,1,4-5,9-10,22H2,2H3,(H2,23,26)(H2,24,30)(H3,25,27,29)/b16-12+/t13?,17-,18+/m0/s1. The summed E-state index contributed by atoms with van der Waals surface area (Å²) in [6.07, 6.45) is 6.89. The number of carbonyl (C=O) groups is 1. The molecule has 0 radical (unpaired) electrons. The van der Waals surface area contributed by atoms with Crippen LogP contribution in [0.25, 0.3) is 0 Å². The number of hydrogen-bond acceptors (Lipinski definition) is 5. The van der Waals surface area contributed by atoms with Crippen molar-refractivity contribution in [2.24, 2.45) is 32.9 Å². The molecule has 1 saturated carbocycles. The van der Waals surface area contributed by atoms with Gasteiger partial charge in [-0.15, -0.1) is 0 Å². The van der Waals surface area contributed by atoms with E-state index in [0.29, 0.717) is 11.4 Å². The number of nitrogens with one attached hydrogen (secondary N) is 2. The third kappa shape index (κ3) is 6.63. The van der Waals surface area contributed by atoms with Crippen molar-refractivity contribution >= 4 is 23.4 Å². The molecule has 2 rings (SSSR count). The van der Waals surface area contributed by atoms with Crippen LogP contribution in [0, 0.1) is 0 Å². The van der Waals surface area contributed by atoms with Crippen LogP contribution in [0.3, 0.4) is 0 Å². The minimum Gasteiger partial charge on any atom is -0.383 e. The summed E-state index contributed by atoms with van der Waals surface area (Å²) >= 11 is 0. The molecule has 162 valence electrons. The molecule has 1 aromatic carbocycles. The van der Waals surface area contributed by atoms with Crippen LogP contribution in [0.1, 0.15) is 38.2 Å². The highest BCUT2D eigenvalue weighted by Crippen LogP contribution is 2.19. The molecule has 30 heavy (non-hydrogen) atoms. The number of amides is 1. The lowest BCUT2D eigenvalue weighted by molar-refractivity contribution is -0.114. The number of rotatable bonds is 8. The van der Waals surface area contributed by atoms with E-state index in [1.54, 1.807) is 0 Å². The first-order valence-corrected chi connectivity index (χ1v) is 9.98. The fourth-order valence-corrected chi connectivity index (χ4v) is 3.35. The van der Waals surface area contributed by atoms with E-state index in [2.05, 4.69) is 27.2 Å². The van der Waals surface area contributed by atoms with E-state index in [1.165, 1.54) is 12.4 Å². The minimum absolute atomic E-state index is 0.00335. The van der Waals surface area contributed by atoms with Crippen LogP contribution in [0.15, 0.2) is 58.8 Å². The maximum absolute atomic E-state index is 12.0. The predicted octanol–water partition coefficient (Wildman–Crippen LogP) is 0.879. The Morgan fingerprint density at radius 1 is 1.27 bits per heavy atom. The first-order chi connectivity index (χ1) is 14.3. The van der Waals surface area contributed by atoms with Crippen molar-refractivity contribution in [3.05, 3.63) is 54.4 Å². The third-order valence-corrected chi connectivity index (χ3v) is 4.98. The Bertz CT molecular complexity index is 845. The topological polar surface area (TPSA) is 170 Å². The fraction of sp³-hybridized carbons (Fsp3) is 0.381. The summed E-state index contributed by atoms with van der Waals surface area (Å²) in [7, 11) is 0. The number of carbonyl (C=O) groups excluding carboxylic acids is 1. The number of nitrogens with two attached hydrogens (primary N) is 4. The summed E-state index contributed by atoms with van der Waals surface area (Å²) in [6, 6.07) is 6.93. The fourth-order valence-electron chi connectivity index (χ4n) is 3.35. The number of guanidine groups is 1. The Hall–Kier alpha value is -3.33. The van der Waals surface area contributed by atoms with Crippen molar-refractivity contribution in [3.63, 3.8) is 0 Å². The molecule has 0 heterocycles. The van der Waals surface area contributed by atoms with Crippen LogP contribution in [0.4, 0.5) is 5.69 Å². The van der Waals surface area contributed by atoms with Gasteiger partial charge >= 0.3 is 0 Å². The molecule has 0 spiro atoms. The van der Waals surface area contributed by atoms with Crippen LogP contribution >= 0.6 is 0 Å². The number of amidine groups is 1. The zero-order valence-electron chi connectivity index (χ0n) is 17.3. The van der Waals surface area contributed by atoms with Gasteiger partial charge in [0.15, 0.2) is 5.96 Å². The van der Waals surface area contributed by atoms with E-state index in [9.17, 15) is 4.79 Å². The Morgan fingerprint density at radius 3 is 2.67 bits per heavy atom. The van der Waals surface area contributed by atoms with Gasteiger partial charge in [-0.25, -0.2) is 9.98 Å². The molecule has 9 heteroatoms. The third-order valence-electron chi connectivity index (χ3n) is 4.98. The van der Waals surface area contributed by atoms with Crippen molar-refractivity contribution in [1.29, 1.82) is 0 Å². The number of nitrogens with zero attached hydrogens (tertiary/aromatic N) is 2. The maximum atomic E-state index is 12.0. The summed E-state index contributed by atoms with van der Waals surface area (Å²) in [5, 5.41) is 6.09. The Balaban J connectivity index is 2.10. The van der Waals surface area contributed by atoms with Gasteiger partial charge in [-0.1, -0.05) is 31.6 Å². The average Bonchev–Trinajstić information content (AvgIpc) is 2.70. The van der Waals surface area contributed by atoms with E-state index in [1.807, 2.05) is 31.2 Å². The molecule has 1 unspecified atom stereocenters. The molecule has 3 atom stereocenters. The van der Waals surface area contributed by atoms with Gasteiger partial charge < -0.3 is 33.6 Å². The number of aliphatic imine (C=N–C) groups is 2. The molecule has 1 fully saturated rings. The van der Waals surface area contributed by atoms with Crippen LogP contribution in [0.5, 0.6) is 0 Å². The summed E-state index contributed by atoms with van der Waals surface area (Å²) in [5.74, 6) is -0.0224. The van der Waals surface area contributed by atoms with Gasteiger partial charge in [0.2, 0.25) is 5.91 Å². The van der Waals surface area contributed by atoms with Gasteiger partial charge in [0.25, 0.3) is 0 Å². The van der Waals surface area contributed by atoms with Crippen LogP contribution in [0.2, 0.25) is 0 Å². The van der Waals surface area contributed by atoms with E-state index in [0.717, 1.165) is 36.9 Å². The molecule has 10 N–H and O–H groups in total. The summed E-state index contributed by atoms with van der Waals surface area (Å²) in [6.45, 7) is 5.36. The lowest BCUT2D eigenvalue weighted by Crippen LogP contribution is -2.40. The minimum atomic E-state index is -0.575. The van der Waals surface area contributed by atoms with E-state index in [4.69, 9.17) is 22.9 Å². The maximum Gasteiger partial charge on any atom is 0.248 e. The van der Waals surface area contributed by atoms with Crippen molar-refractivity contribution in [3.8, 4) is 0 Å². The molecule has 1 aromatic rings. The van der Waals surface area contributed by atoms with Crippen molar-refractivity contribution in [2.45, 2.75) is 50.7 Å². The zero-order valence-corrected chi connectivity index (χ0v) is 17.3. The highest BCUT2D eigenvalue weighted by Gasteiger charge is 2.21. The highest BCUT2D eigenvalue weighted by atomic mass is 16.1. The SMILES string of the molecule is C=CN=C(N)c1cccc(NC(C)/C(=C\NC(N)=N[C@@H]2CCCC[C@@H]2N)C(N)=O)c1. The lowest BCUT2D eigenvalue weighted by atomic mass is 9.91. The van der Waals surface area contributed by atoms with Crippen molar-refractivity contribution in [2.75, 3.05) is 5.32 Å². The molecule has 0 bridgehead atoms. The van der Waals surface area contributed by atoms with Crippen LogP contribution in [-0.2, 0) is 4.79 Å². The summed E-state index contributed by atoms with van der Waals surface area (Å²) < 4.78 is 0. The van der Waals surface area contributed by atoms with Crippen LogP contribution in [-0.4, -0.2) is 35.8 Å². The highest BCUT2D eigenvalue weighted by molar-refractivity contribution is 5.98. The van der Waals surface area contributed by atoms with Gasteiger partial charge in [-0.3, -0.25) is 4.79 Å². The normalized spacial score (nSPS) is 21.6. The monoisotopic (exact) mass is 412 g/mol. The van der Waals surface area contributed by atoms with Gasteiger partial charge in [0, 0.05) is 29.7 Å². The zero-order chi connectivity index (χ0) is 22.1. The average molecular weight is 413 g/mol. The molecule has 1 amide bonds. The second-order valence-corrected chi connectivity index (χ2v) is 7.28. The molecule has 9 nitrogen and oxygen atoms in total. The summed E-state index contributed by atoms with van der Waals surface area (Å²) in [5.41, 5.74) is 25.4. The predicted molar refractivity (Wildman–Crippen MR) is 123 cm³/mol. The smallest absolute Gasteiger partial charge is 0.248 e. The van der Waals surface area contributed by atoms with Gasteiger partial charge in [0.05, 0.1) is 17.7 Å². The van der Waals surface area contributed by atoms with Crippen LogP contribution < -0.4 is 33.6 Å².